The molecule has 0 heterocycles. The molecule has 0 radical (unpaired) electrons. The average molecular weight is 290 g/mol. The Morgan fingerprint density at radius 1 is 1.33 bits per heavy atom. The van der Waals surface area contributed by atoms with Gasteiger partial charge >= 0.3 is 0 Å². The lowest BCUT2D eigenvalue weighted by atomic mass is 10.2. The van der Waals surface area contributed by atoms with Gasteiger partial charge in [-0.1, -0.05) is 24.6 Å². The Bertz CT molecular complexity index is 500. The van der Waals surface area contributed by atoms with Crippen LogP contribution in [-0.2, 0) is 10.0 Å². The molecule has 18 heavy (non-hydrogen) atoms. The molecule has 1 unspecified atom stereocenters. The van der Waals surface area contributed by atoms with Gasteiger partial charge in [-0.25, -0.2) is 13.1 Å². The fourth-order valence-corrected chi connectivity index (χ4v) is 3.11. The van der Waals surface area contributed by atoms with Gasteiger partial charge in [0, 0.05) is 11.9 Å². The molecule has 0 saturated heterocycles. The minimum Gasteiger partial charge on any atom is -0.211 e. The van der Waals surface area contributed by atoms with Crippen LogP contribution in [0.25, 0.3) is 0 Å². The summed E-state index contributed by atoms with van der Waals surface area (Å²) in [6.45, 7) is 6.10. The van der Waals surface area contributed by atoms with Gasteiger partial charge < -0.3 is 0 Å². The van der Waals surface area contributed by atoms with Crippen LogP contribution >= 0.6 is 11.6 Å². The molecule has 0 fully saturated rings. The van der Waals surface area contributed by atoms with E-state index in [2.05, 4.69) is 4.72 Å². The highest BCUT2D eigenvalue weighted by Crippen LogP contribution is 2.16. The lowest BCUT2D eigenvalue weighted by Gasteiger charge is -2.11. The summed E-state index contributed by atoms with van der Waals surface area (Å²) in [5, 5.41) is 0.0202. The summed E-state index contributed by atoms with van der Waals surface area (Å²) in [5.74, 6) is 0. The molecule has 1 atom stereocenters. The molecular weight excluding hydrogens is 270 g/mol. The molecule has 0 bridgehead atoms. The number of sulfonamides is 1. The van der Waals surface area contributed by atoms with Gasteiger partial charge in [-0.05, 0) is 38.3 Å². The predicted molar refractivity (Wildman–Crippen MR) is 75.7 cm³/mol. The van der Waals surface area contributed by atoms with Gasteiger partial charge in [0.15, 0.2) is 0 Å². The van der Waals surface area contributed by atoms with Gasteiger partial charge in [-0.15, -0.1) is 11.6 Å². The second kappa shape index (κ2) is 6.55. The van der Waals surface area contributed by atoms with E-state index in [1.54, 1.807) is 19.1 Å². The molecule has 5 heteroatoms. The van der Waals surface area contributed by atoms with E-state index in [-0.39, 0.29) is 5.38 Å². The Hall–Kier alpha value is -0.580. The van der Waals surface area contributed by atoms with Crippen molar-refractivity contribution in [2.45, 2.75) is 43.9 Å². The number of alkyl halides is 1. The van der Waals surface area contributed by atoms with E-state index < -0.39 is 10.0 Å². The number of rotatable bonds is 6. The van der Waals surface area contributed by atoms with Gasteiger partial charge in [-0.2, -0.15) is 0 Å². The summed E-state index contributed by atoms with van der Waals surface area (Å²) in [5.41, 5.74) is 1.82. The van der Waals surface area contributed by atoms with E-state index in [0.29, 0.717) is 17.9 Å². The summed E-state index contributed by atoms with van der Waals surface area (Å²) in [6, 6.07) is 5.31. The maximum absolute atomic E-state index is 12.1. The minimum atomic E-state index is -3.42. The summed E-state index contributed by atoms with van der Waals surface area (Å²) in [7, 11) is -3.42. The number of hydrogen-bond donors (Lipinski definition) is 1. The first-order valence-corrected chi connectivity index (χ1v) is 7.99. The van der Waals surface area contributed by atoms with Gasteiger partial charge in [0.05, 0.1) is 4.90 Å². The van der Waals surface area contributed by atoms with Crippen molar-refractivity contribution >= 4 is 21.6 Å². The molecule has 1 aromatic carbocycles. The molecule has 0 saturated carbocycles. The molecule has 0 spiro atoms. The Balaban J connectivity index is 2.74. The van der Waals surface area contributed by atoms with Crippen LogP contribution < -0.4 is 4.72 Å². The van der Waals surface area contributed by atoms with Crippen molar-refractivity contribution in [3.63, 3.8) is 0 Å². The maximum atomic E-state index is 12.1. The molecule has 1 aromatic rings. The lowest BCUT2D eigenvalue weighted by molar-refractivity contribution is 0.576. The van der Waals surface area contributed by atoms with Gasteiger partial charge in [-0.3, -0.25) is 0 Å². The van der Waals surface area contributed by atoms with Crippen LogP contribution in [0.5, 0.6) is 0 Å². The first-order valence-electron chi connectivity index (χ1n) is 6.07. The molecular formula is C13H20ClNO2S. The second-order valence-electron chi connectivity index (χ2n) is 4.46. The van der Waals surface area contributed by atoms with Gasteiger partial charge in [0.25, 0.3) is 0 Å². The van der Waals surface area contributed by atoms with Gasteiger partial charge in [0.2, 0.25) is 10.0 Å². The summed E-state index contributed by atoms with van der Waals surface area (Å²) in [4.78, 5) is 0.343. The Morgan fingerprint density at radius 3 is 2.56 bits per heavy atom. The normalized spacial score (nSPS) is 13.6. The SMILES string of the molecule is CCC(Cl)CCNS(=O)(=O)c1ccc(C)cc1C. The Morgan fingerprint density at radius 2 is 2.00 bits per heavy atom. The standard InChI is InChI=1S/C13H20ClNO2S/c1-4-12(14)7-8-15-18(16,17)13-6-5-10(2)9-11(13)3/h5-6,9,12,15H,4,7-8H2,1-3H3. The Labute approximate surface area is 115 Å². The van der Waals surface area contributed by atoms with Crippen LogP contribution in [0.4, 0.5) is 0 Å². The van der Waals surface area contributed by atoms with Crippen molar-refractivity contribution in [3.8, 4) is 0 Å². The molecule has 1 rings (SSSR count). The topological polar surface area (TPSA) is 46.2 Å². The summed E-state index contributed by atoms with van der Waals surface area (Å²) >= 11 is 5.96. The Kier molecular flexibility index (Phi) is 5.63. The maximum Gasteiger partial charge on any atom is 0.240 e. The minimum absolute atomic E-state index is 0.0202. The average Bonchev–Trinajstić information content (AvgIpc) is 2.27. The molecule has 1 N–H and O–H groups in total. The van der Waals surface area contributed by atoms with Crippen LogP contribution in [0.2, 0.25) is 0 Å². The number of hydrogen-bond acceptors (Lipinski definition) is 2. The van der Waals surface area contributed by atoms with E-state index in [1.165, 1.54) is 0 Å². The van der Waals surface area contributed by atoms with Crippen LogP contribution in [0.3, 0.4) is 0 Å². The van der Waals surface area contributed by atoms with Crippen molar-refractivity contribution < 1.29 is 8.42 Å². The van der Waals surface area contributed by atoms with Crippen molar-refractivity contribution in [3.05, 3.63) is 29.3 Å². The smallest absolute Gasteiger partial charge is 0.211 e. The van der Waals surface area contributed by atoms with E-state index in [0.717, 1.165) is 17.5 Å². The van der Waals surface area contributed by atoms with Crippen LogP contribution in [0.1, 0.15) is 30.9 Å². The molecule has 102 valence electrons. The van der Waals surface area contributed by atoms with Crippen molar-refractivity contribution in [1.29, 1.82) is 0 Å². The largest absolute Gasteiger partial charge is 0.240 e. The quantitative estimate of drug-likeness (QED) is 0.818. The zero-order chi connectivity index (χ0) is 13.8. The molecule has 0 aliphatic heterocycles. The second-order valence-corrected chi connectivity index (χ2v) is 6.81. The highest BCUT2D eigenvalue weighted by Gasteiger charge is 2.16. The number of nitrogens with one attached hydrogen (secondary N) is 1. The zero-order valence-corrected chi connectivity index (χ0v) is 12.6. The van der Waals surface area contributed by atoms with Crippen LogP contribution in [0, 0.1) is 13.8 Å². The highest BCUT2D eigenvalue weighted by atomic mass is 35.5. The molecule has 0 aliphatic carbocycles. The predicted octanol–water partition coefficient (Wildman–Crippen LogP) is 2.99. The first kappa shape index (κ1) is 15.5. The van der Waals surface area contributed by atoms with Crippen molar-refractivity contribution in [2.75, 3.05) is 6.54 Å². The molecule has 3 nitrogen and oxygen atoms in total. The van der Waals surface area contributed by atoms with Crippen molar-refractivity contribution in [1.82, 2.24) is 4.72 Å². The summed E-state index contributed by atoms with van der Waals surface area (Å²) < 4.78 is 26.7. The third-order valence-corrected chi connectivity index (χ3v) is 4.96. The molecule has 0 aromatic heterocycles. The van der Waals surface area contributed by atoms with E-state index >= 15 is 0 Å². The molecule has 0 aliphatic rings. The monoisotopic (exact) mass is 289 g/mol. The number of halogens is 1. The van der Waals surface area contributed by atoms with Crippen molar-refractivity contribution in [2.24, 2.45) is 0 Å². The van der Waals surface area contributed by atoms with Crippen LogP contribution in [-0.4, -0.2) is 20.3 Å². The van der Waals surface area contributed by atoms with E-state index in [9.17, 15) is 8.42 Å². The fourth-order valence-electron chi connectivity index (χ4n) is 1.73. The third kappa shape index (κ3) is 4.26. The fraction of sp³-hybridized carbons (Fsp3) is 0.538. The highest BCUT2D eigenvalue weighted by molar-refractivity contribution is 7.89. The third-order valence-electron chi connectivity index (χ3n) is 2.81. The number of benzene rings is 1. The van der Waals surface area contributed by atoms with Crippen LogP contribution in [0.15, 0.2) is 23.1 Å². The van der Waals surface area contributed by atoms with E-state index in [1.807, 2.05) is 19.9 Å². The number of aryl methyl sites for hydroxylation is 2. The lowest BCUT2D eigenvalue weighted by Crippen LogP contribution is -2.27. The summed E-state index contributed by atoms with van der Waals surface area (Å²) in [6.07, 6.45) is 1.48. The van der Waals surface area contributed by atoms with Gasteiger partial charge in [0.1, 0.15) is 0 Å². The molecule has 0 amide bonds. The van der Waals surface area contributed by atoms with E-state index in [4.69, 9.17) is 11.6 Å². The zero-order valence-electron chi connectivity index (χ0n) is 11.0. The first-order chi connectivity index (χ1) is 8.36.